The monoisotopic (exact) mass is 392 g/mol. The maximum Gasteiger partial charge on any atom is 0.210 e. The number of halogens is 1. The molecule has 3 aromatic heterocycles. The van der Waals surface area contributed by atoms with Crippen LogP contribution in [0.2, 0.25) is 0 Å². The fourth-order valence-corrected chi connectivity index (χ4v) is 3.50. The first-order chi connectivity index (χ1) is 14.2. The minimum atomic E-state index is -0.270. The number of ether oxygens (including phenoxy) is 1. The average Bonchev–Trinajstić information content (AvgIpc) is 3.43. The first kappa shape index (κ1) is 17.5. The molecule has 0 bridgehead atoms. The van der Waals surface area contributed by atoms with Crippen molar-refractivity contribution in [2.24, 2.45) is 0 Å². The fourth-order valence-electron chi connectivity index (χ4n) is 3.50. The predicted molar refractivity (Wildman–Crippen MR) is 103 cm³/mol. The van der Waals surface area contributed by atoms with Crippen LogP contribution in [-0.4, -0.2) is 36.3 Å². The summed E-state index contributed by atoms with van der Waals surface area (Å²) in [5.41, 5.74) is 4.22. The van der Waals surface area contributed by atoms with Gasteiger partial charge in [-0.1, -0.05) is 6.07 Å². The van der Waals surface area contributed by atoms with E-state index in [0.717, 1.165) is 22.4 Å². The minimum Gasteiger partial charge on any atom is -0.493 e. The van der Waals surface area contributed by atoms with Crippen LogP contribution in [0.25, 0.3) is 16.8 Å². The number of rotatable bonds is 5. The van der Waals surface area contributed by atoms with Crippen molar-refractivity contribution in [1.29, 1.82) is 0 Å². The Kier molecular flexibility index (Phi) is 4.28. The molecule has 0 amide bonds. The number of aliphatic hydroxyl groups excluding tert-OH is 1. The summed E-state index contributed by atoms with van der Waals surface area (Å²) in [6.45, 7) is 0.717. The van der Waals surface area contributed by atoms with Crippen LogP contribution in [0, 0.1) is 5.82 Å². The normalized spacial score (nSPS) is 12.8. The molecule has 2 N–H and O–H groups in total. The number of nitrogens with one attached hydrogen (secondary N) is 1. The van der Waals surface area contributed by atoms with Crippen LogP contribution in [0.3, 0.4) is 0 Å². The second-order valence-electron chi connectivity index (χ2n) is 6.67. The second-order valence-corrected chi connectivity index (χ2v) is 6.67. The standard InChI is InChI=1S/C20H17FN6O2/c21-17-3-4-18-14(5-6-29-18)16(17)9-24-20-23-8-15(19-26-25-11-27(19)20)12-1-2-13(10-28)22-7-12/h1-4,7-8,11,28H,5-6,9-10H2,(H,23,24). The molecule has 1 aromatic carbocycles. The Morgan fingerprint density at radius 3 is 2.93 bits per heavy atom. The highest BCUT2D eigenvalue weighted by Gasteiger charge is 2.20. The quantitative estimate of drug-likeness (QED) is 0.538. The zero-order valence-corrected chi connectivity index (χ0v) is 15.3. The van der Waals surface area contributed by atoms with E-state index in [1.807, 2.05) is 6.07 Å². The zero-order chi connectivity index (χ0) is 19.8. The van der Waals surface area contributed by atoms with E-state index in [0.29, 0.717) is 35.9 Å². The molecule has 146 valence electrons. The van der Waals surface area contributed by atoms with Gasteiger partial charge in [0.1, 0.15) is 17.9 Å². The van der Waals surface area contributed by atoms with E-state index in [2.05, 4.69) is 25.5 Å². The molecule has 0 radical (unpaired) electrons. The second kappa shape index (κ2) is 7.10. The number of aromatic nitrogens is 5. The van der Waals surface area contributed by atoms with Crippen LogP contribution in [-0.2, 0) is 19.6 Å². The van der Waals surface area contributed by atoms with Gasteiger partial charge in [0.05, 0.1) is 18.9 Å². The van der Waals surface area contributed by atoms with E-state index < -0.39 is 0 Å². The van der Waals surface area contributed by atoms with Gasteiger partial charge >= 0.3 is 0 Å². The van der Waals surface area contributed by atoms with Crippen molar-refractivity contribution in [1.82, 2.24) is 24.6 Å². The van der Waals surface area contributed by atoms with Crippen molar-refractivity contribution in [3.63, 3.8) is 0 Å². The highest BCUT2D eigenvalue weighted by atomic mass is 19.1. The Labute approximate surface area is 165 Å². The summed E-state index contributed by atoms with van der Waals surface area (Å²) in [5.74, 6) is 0.970. The Hall–Kier alpha value is -3.59. The van der Waals surface area contributed by atoms with Gasteiger partial charge in [-0.3, -0.25) is 9.38 Å². The van der Waals surface area contributed by atoms with Crippen LogP contribution < -0.4 is 10.1 Å². The first-order valence-electron chi connectivity index (χ1n) is 9.16. The highest BCUT2D eigenvalue weighted by Crippen LogP contribution is 2.31. The largest absolute Gasteiger partial charge is 0.493 e. The molecule has 5 rings (SSSR count). The number of nitrogens with zero attached hydrogens (tertiary/aromatic N) is 5. The molecular weight excluding hydrogens is 375 g/mol. The van der Waals surface area contributed by atoms with Crippen LogP contribution in [0.4, 0.5) is 10.3 Å². The molecule has 0 fully saturated rings. The molecule has 0 aliphatic carbocycles. The van der Waals surface area contributed by atoms with Gasteiger partial charge in [-0.2, -0.15) is 0 Å². The third-order valence-corrected chi connectivity index (χ3v) is 4.99. The summed E-state index contributed by atoms with van der Waals surface area (Å²) in [6.07, 6.45) is 5.58. The number of aliphatic hydroxyl groups is 1. The summed E-state index contributed by atoms with van der Waals surface area (Å²) in [7, 11) is 0. The Morgan fingerprint density at radius 2 is 2.10 bits per heavy atom. The van der Waals surface area contributed by atoms with Crippen molar-refractivity contribution in [3.05, 3.63) is 65.6 Å². The lowest BCUT2D eigenvalue weighted by Gasteiger charge is -2.12. The van der Waals surface area contributed by atoms with Crippen LogP contribution in [0.5, 0.6) is 5.75 Å². The minimum absolute atomic E-state index is 0.119. The molecule has 0 atom stereocenters. The van der Waals surface area contributed by atoms with Gasteiger partial charge in [0, 0.05) is 47.6 Å². The number of benzene rings is 1. The molecule has 4 heterocycles. The first-order valence-corrected chi connectivity index (χ1v) is 9.16. The van der Waals surface area contributed by atoms with E-state index in [-0.39, 0.29) is 19.0 Å². The molecule has 9 heteroatoms. The smallest absolute Gasteiger partial charge is 0.210 e. The van der Waals surface area contributed by atoms with E-state index in [9.17, 15) is 4.39 Å². The van der Waals surface area contributed by atoms with E-state index in [1.165, 1.54) is 6.07 Å². The lowest BCUT2D eigenvalue weighted by atomic mass is 10.0. The summed E-state index contributed by atoms with van der Waals surface area (Å²) in [4.78, 5) is 8.68. The molecule has 8 nitrogen and oxygen atoms in total. The molecule has 29 heavy (non-hydrogen) atoms. The van der Waals surface area contributed by atoms with Gasteiger partial charge in [0.25, 0.3) is 0 Å². The molecule has 0 saturated heterocycles. The van der Waals surface area contributed by atoms with Gasteiger partial charge < -0.3 is 15.2 Å². The molecule has 1 aliphatic heterocycles. The summed E-state index contributed by atoms with van der Waals surface area (Å²) in [6, 6.07) is 6.69. The van der Waals surface area contributed by atoms with Gasteiger partial charge in [-0.25, -0.2) is 9.37 Å². The van der Waals surface area contributed by atoms with Crippen molar-refractivity contribution in [2.45, 2.75) is 19.6 Å². The lowest BCUT2D eigenvalue weighted by molar-refractivity contribution is 0.277. The number of pyridine rings is 1. The summed E-state index contributed by atoms with van der Waals surface area (Å²) >= 11 is 0. The van der Waals surface area contributed by atoms with Gasteiger partial charge in [0.2, 0.25) is 5.95 Å². The number of hydrogen-bond donors (Lipinski definition) is 2. The average molecular weight is 392 g/mol. The maximum atomic E-state index is 14.4. The van der Waals surface area contributed by atoms with Crippen LogP contribution in [0.15, 0.2) is 43.0 Å². The topological polar surface area (TPSA) is 97.5 Å². The Morgan fingerprint density at radius 1 is 1.17 bits per heavy atom. The van der Waals surface area contributed by atoms with Crippen molar-refractivity contribution in [2.75, 3.05) is 11.9 Å². The SMILES string of the molecule is OCc1ccc(-c2cnc(NCc3c(F)ccc4c3CCO4)n3cnnc23)cn1. The molecule has 0 spiro atoms. The van der Waals surface area contributed by atoms with Crippen molar-refractivity contribution in [3.8, 4) is 16.9 Å². The van der Waals surface area contributed by atoms with Crippen molar-refractivity contribution >= 4 is 11.6 Å². The highest BCUT2D eigenvalue weighted by molar-refractivity contribution is 5.77. The zero-order valence-electron chi connectivity index (χ0n) is 15.3. The predicted octanol–water partition coefficient (Wildman–Crippen LogP) is 2.36. The van der Waals surface area contributed by atoms with Gasteiger partial charge in [-0.15, -0.1) is 10.2 Å². The van der Waals surface area contributed by atoms with Gasteiger partial charge in [0.15, 0.2) is 5.65 Å². The third kappa shape index (κ3) is 3.05. The van der Waals surface area contributed by atoms with Crippen LogP contribution >= 0.6 is 0 Å². The van der Waals surface area contributed by atoms with Crippen molar-refractivity contribution < 1.29 is 14.2 Å². The number of hydrogen-bond acceptors (Lipinski definition) is 7. The maximum absolute atomic E-state index is 14.4. The van der Waals surface area contributed by atoms with E-state index in [4.69, 9.17) is 9.84 Å². The molecule has 0 saturated carbocycles. The van der Waals surface area contributed by atoms with Gasteiger partial charge in [-0.05, 0) is 18.2 Å². The van der Waals surface area contributed by atoms with Crippen LogP contribution in [0.1, 0.15) is 16.8 Å². The molecule has 0 unspecified atom stereocenters. The lowest BCUT2D eigenvalue weighted by Crippen LogP contribution is -2.09. The Bertz CT molecular complexity index is 1190. The summed E-state index contributed by atoms with van der Waals surface area (Å²) in [5, 5.41) is 20.5. The molecule has 4 aromatic rings. The number of anilines is 1. The van der Waals surface area contributed by atoms with E-state index in [1.54, 1.807) is 35.3 Å². The fraction of sp³-hybridized carbons (Fsp3) is 0.200. The summed E-state index contributed by atoms with van der Waals surface area (Å²) < 4.78 is 21.6. The molecule has 1 aliphatic rings. The Balaban J connectivity index is 1.47. The number of fused-ring (bicyclic) bond motifs is 2. The molecular formula is C20H17FN6O2. The third-order valence-electron chi connectivity index (χ3n) is 4.99. The van der Waals surface area contributed by atoms with E-state index >= 15 is 0 Å².